The number of methoxy groups -OCH3 is 1. The van der Waals surface area contributed by atoms with E-state index in [-0.39, 0.29) is 5.69 Å². The molecule has 0 aliphatic heterocycles. The second-order valence-electron chi connectivity index (χ2n) is 5.92. The van der Waals surface area contributed by atoms with Crippen LogP contribution in [0.15, 0.2) is 41.5 Å². The number of nitrogens with zero attached hydrogens (tertiary/aromatic N) is 3. The molecular weight excluding hydrogens is 290 g/mol. The van der Waals surface area contributed by atoms with Gasteiger partial charge in [0.1, 0.15) is 5.75 Å². The van der Waals surface area contributed by atoms with Crippen molar-refractivity contribution in [3.8, 4) is 11.4 Å². The molecule has 0 atom stereocenters. The number of aromatic nitrogens is 3. The zero-order valence-electron chi connectivity index (χ0n) is 13.1. The number of hydrogen-bond donors (Lipinski definition) is 0. The van der Waals surface area contributed by atoms with Crippen LogP contribution in [0, 0.1) is 6.92 Å². The first-order valence-corrected chi connectivity index (χ1v) is 7.70. The van der Waals surface area contributed by atoms with E-state index in [1.165, 1.54) is 18.4 Å². The van der Waals surface area contributed by atoms with Crippen LogP contribution < -0.4 is 10.4 Å². The number of aryl methyl sites for hydroxylation is 1. The minimum absolute atomic E-state index is 0.294. The Bertz CT molecular complexity index is 944. The molecule has 2 aromatic heterocycles. The number of benzene rings is 1. The van der Waals surface area contributed by atoms with Gasteiger partial charge in [-0.1, -0.05) is 0 Å². The Morgan fingerprint density at radius 2 is 2.13 bits per heavy atom. The zero-order chi connectivity index (χ0) is 16.0. The van der Waals surface area contributed by atoms with Gasteiger partial charge in [-0.3, -0.25) is 9.55 Å². The fraction of sp³-hybridized carbons (Fsp3) is 0.278. The molecule has 2 heterocycles. The topological polar surface area (TPSA) is 57.0 Å². The van der Waals surface area contributed by atoms with Crippen molar-refractivity contribution in [3.05, 3.63) is 58.4 Å². The lowest BCUT2D eigenvalue weighted by Crippen LogP contribution is -2.23. The third-order valence-corrected chi connectivity index (χ3v) is 4.33. The van der Waals surface area contributed by atoms with E-state index in [4.69, 9.17) is 4.74 Å². The van der Waals surface area contributed by atoms with E-state index in [1.54, 1.807) is 24.1 Å². The van der Waals surface area contributed by atoms with E-state index in [0.29, 0.717) is 17.3 Å². The summed E-state index contributed by atoms with van der Waals surface area (Å²) in [5, 5.41) is 0.875. The first-order valence-electron chi connectivity index (χ1n) is 7.70. The van der Waals surface area contributed by atoms with Gasteiger partial charge in [-0.15, -0.1) is 0 Å². The third kappa shape index (κ3) is 2.29. The summed E-state index contributed by atoms with van der Waals surface area (Å²) < 4.78 is 7.20. The van der Waals surface area contributed by atoms with Crippen molar-refractivity contribution in [1.29, 1.82) is 0 Å². The summed E-state index contributed by atoms with van der Waals surface area (Å²) in [5.41, 5.74) is 3.15. The lowest BCUT2D eigenvalue weighted by molar-refractivity contribution is 0.419. The van der Waals surface area contributed by atoms with Crippen LogP contribution in [-0.4, -0.2) is 21.6 Å². The highest BCUT2D eigenvalue weighted by Crippen LogP contribution is 2.43. The van der Waals surface area contributed by atoms with E-state index >= 15 is 0 Å². The normalized spacial score (nSPS) is 14.2. The summed E-state index contributed by atoms with van der Waals surface area (Å²) in [5.74, 6) is 1.34. The van der Waals surface area contributed by atoms with E-state index in [2.05, 4.69) is 22.1 Å². The maximum absolute atomic E-state index is 12.5. The van der Waals surface area contributed by atoms with E-state index in [1.807, 2.05) is 19.1 Å². The fourth-order valence-corrected chi connectivity index (χ4v) is 3.06. The van der Waals surface area contributed by atoms with Crippen molar-refractivity contribution < 1.29 is 4.74 Å². The van der Waals surface area contributed by atoms with Crippen LogP contribution in [0.1, 0.15) is 30.0 Å². The van der Waals surface area contributed by atoms with Crippen LogP contribution in [0.2, 0.25) is 0 Å². The molecule has 5 heteroatoms. The highest BCUT2D eigenvalue weighted by atomic mass is 16.5. The Morgan fingerprint density at radius 1 is 1.30 bits per heavy atom. The van der Waals surface area contributed by atoms with E-state index in [9.17, 15) is 4.79 Å². The standard InChI is InChI=1S/C18H17N3O2/c1-11-17-15(8-13(12-5-6-12)9-16(17)23-2)21(18(22)20-11)14-4-3-7-19-10-14/h3-4,7-10,12H,5-6H2,1-2H3. The molecule has 1 saturated carbocycles. The number of hydrogen-bond acceptors (Lipinski definition) is 4. The molecule has 1 aliphatic carbocycles. The molecule has 0 amide bonds. The molecule has 0 radical (unpaired) electrons. The van der Waals surface area contributed by atoms with Gasteiger partial charge in [-0.25, -0.2) is 4.79 Å². The van der Waals surface area contributed by atoms with Crippen LogP contribution in [0.25, 0.3) is 16.6 Å². The highest BCUT2D eigenvalue weighted by Gasteiger charge is 2.26. The molecule has 0 bridgehead atoms. The Hall–Kier alpha value is -2.69. The average Bonchev–Trinajstić information content (AvgIpc) is 3.39. The molecule has 0 spiro atoms. The number of fused-ring (bicyclic) bond motifs is 1. The van der Waals surface area contributed by atoms with Crippen molar-refractivity contribution in [2.75, 3.05) is 7.11 Å². The van der Waals surface area contributed by atoms with Gasteiger partial charge in [0.25, 0.3) is 0 Å². The predicted molar refractivity (Wildman–Crippen MR) is 88.4 cm³/mol. The highest BCUT2D eigenvalue weighted by molar-refractivity contribution is 5.89. The molecule has 1 aliphatic rings. The first kappa shape index (κ1) is 13.9. The summed E-state index contributed by atoms with van der Waals surface area (Å²) >= 11 is 0. The van der Waals surface area contributed by atoms with Gasteiger partial charge in [0.05, 0.1) is 35.6 Å². The Balaban J connectivity index is 2.13. The molecular formula is C18H17N3O2. The van der Waals surface area contributed by atoms with E-state index in [0.717, 1.165) is 16.7 Å². The smallest absolute Gasteiger partial charge is 0.352 e. The van der Waals surface area contributed by atoms with Gasteiger partial charge in [0.15, 0.2) is 0 Å². The van der Waals surface area contributed by atoms with Gasteiger partial charge < -0.3 is 4.74 Å². The van der Waals surface area contributed by atoms with Crippen molar-refractivity contribution >= 4 is 10.9 Å². The summed E-state index contributed by atoms with van der Waals surface area (Å²) in [4.78, 5) is 20.8. The first-order chi connectivity index (χ1) is 11.2. The summed E-state index contributed by atoms with van der Waals surface area (Å²) in [7, 11) is 1.66. The molecule has 116 valence electrons. The number of rotatable bonds is 3. The maximum Gasteiger partial charge on any atom is 0.352 e. The van der Waals surface area contributed by atoms with Crippen LogP contribution in [0.5, 0.6) is 5.75 Å². The van der Waals surface area contributed by atoms with Crippen LogP contribution in [0.3, 0.4) is 0 Å². The second-order valence-corrected chi connectivity index (χ2v) is 5.92. The van der Waals surface area contributed by atoms with Crippen molar-refractivity contribution in [2.45, 2.75) is 25.7 Å². The van der Waals surface area contributed by atoms with Gasteiger partial charge in [0, 0.05) is 6.20 Å². The minimum atomic E-state index is -0.294. The van der Waals surface area contributed by atoms with Crippen LogP contribution >= 0.6 is 0 Å². The lowest BCUT2D eigenvalue weighted by atomic mass is 10.1. The van der Waals surface area contributed by atoms with Crippen molar-refractivity contribution in [3.63, 3.8) is 0 Å². The molecule has 0 saturated heterocycles. The molecule has 4 rings (SSSR count). The maximum atomic E-state index is 12.5. The average molecular weight is 307 g/mol. The molecule has 23 heavy (non-hydrogen) atoms. The molecule has 0 unspecified atom stereocenters. The predicted octanol–water partition coefficient (Wildman–Crippen LogP) is 2.98. The zero-order valence-corrected chi connectivity index (χ0v) is 13.1. The van der Waals surface area contributed by atoms with Gasteiger partial charge in [-0.2, -0.15) is 4.98 Å². The molecule has 1 aromatic carbocycles. The number of ether oxygens (including phenoxy) is 1. The minimum Gasteiger partial charge on any atom is -0.496 e. The van der Waals surface area contributed by atoms with Crippen molar-refractivity contribution in [1.82, 2.24) is 14.5 Å². The van der Waals surface area contributed by atoms with Gasteiger partial charge in [-0.05, 0) is 55.5 Å². The Morgan fingerprint density at radius 3 is 2.78 bits per heavy atom. The molecule has 5 nitrogen and oxygen atoms in total. The SMILES string of the molecule is COc1cc(C2CC2)cc2c1c(C)nc(=O)n2-c1cccnc1. The second kappa shape index (κ2) is 5.19. The molecule has 0 N–H and O–H groups in total. The summed E-state index contributed by atoms with van der Waals surface area (Å²) in [6.45, 7) is 1.84. The van der Waals surface area contributed by atoms with Gasteiger partial charge >= 0.3 is 5.69 Å². The van der Waals surface area contributed by atoms with E-state index < -0.39 is 0 Å². The monoisotopic (exact) mass is 307 g/mol. The summed E-state index contributed by atoms with van der Waals surface area (Å²) in [6.07, 6.45) is 5.74. The fourth-order valence-electron chi connectivity index (χ4n) is 3.06. The molecule has 3 aromatic rings. The van der Waals surface area contributed by atoms with Crippen LogP contribution in [0.4, 0.5) is 0 Å². The van der Waals surface area contributed by atoms with Crippen LogP contribution in [-0.2, 0) is 0 Å². The quantitative estimate of drug-likeness (QED) is 0.746. The summed E-state index contributed by atoms with van der Waals surface area (Å²) in [6, 6.07) is 7.85. The third-order valence-electron chi connectivity index (χ3n) is 4.33. The molecule has 1 fully saturated rings. The largest absolute Gasteiger partial charge is 0.496 e. The van der Waals surface area contributed by atoms with Crippen molar-refractivity contribution in [2.24, 2.45) is 0 Å². The number of pyridine rings is 1. The Kier molecular flexibility index (Phi) is 3.15. The Labute approximate surface area is 133 Å². The van der Waals surface area contributed by atoms with Gasteiger partial charge in [0.2, 0.25) is 0 Å². The lowest BCUT2D eigenvalue weighted by Gasteiger charge is -2.15.